The maximum absolute atomic E-state index is 5.34. The van der Waals surface area contributed by atoms with E-state index < -0.39 is 0 Å². The summed E-state index contributed by atoms with van der Waals surface area (Å²) in [5, 5.41) is 4.19. The summed E-state index contributed by atoms with van der Waals surface area (Å²) in [6.45, 7) is 4.51. The van der Waals surface area contributed by atoms with Crippen LogP contribution in [0.2, 0.25) is 0 Å². The van der Waals surface area contributed by atoms with Crippen LogP contribution in [0.3, 0.4) is 0 Å². The summed E-state index contributed by atoms with van der Waals surface area (Å²) in [5.41, 5.74) is 1.26. The molecule has 2 aromatic rings. The summed E-state index contributed by atoms with van der Waals surface area (Å²) in [7, 11) is 0. The minimum absolute atomic E-state index is 0.364. The first kappa shape index (κ1) is 13.3. The Morgan fingerprint density at radius 2 is 2.10 bits per heavy atom. The summed E-state index contributed by atoms with van der Waals surface area (Å²) >= 11 is 1.90. The van der Waals surface area contributed by atoms with Crippen LogP contribution < -0.4 is 4.90 Å². The number of anilines is 1. The van der Waals surface area contributed by atoms with Gasteiger partial charge in [-0.15, -0.1) is 0 Å². The molecule has 1 aromatic heterocycles. The van der Waals surface area contributed by atoms with Gasteiger partial charge in [0, 0.05) is 17.2 Å². The van der Waals surface area contributed by atoms with Crippen molar-refractivity contribution in [3.05, 3.63) is 54.4 Å². The van der Waals surface area contributed by atoms with E-state index in [2.05, 4.69) is 54.4 Å². The van der Waals surface area contributed by atoms with Crippen molar-refractivity contribution in [3.8, 4) is 0 Å². The Bertz CT molecular complexity index is 580. The van der Waals surface area contributed by atoms with Crippen molar-refractivity contribution in [2.24, 2.45) is 5.92 Å². The average molecular weight is 286 g/mol. The lowest BCUT2D eigenvalue weighted by molar-refractivity contribution is 0.411. The average Bonchev–Trinajstić information content (AvgIpc) is 3.16. The second-order valence-corrected chi connectivity index (χ2v) is 6.17. The van der Waals surface area contributed by atoms with Crippen LogP contribution in [-0.2, 0) is 0 Å². The summed E-state index contributed by atoms with van der Waals surface area (Å²) in [4.78, 5) is 3.49. The Morgan fingerprint density at radius 3 is 2.75 bits per heavy atom. The van der Waals surface area contributed by atoms with Crippen LogP contribution in [0.5, 0.6) is 0 Å². The Balaban J connectivity index is 1.93. The van der Waals surface area contributed by atoms with Crippen molar-refractivity contribution in [3.63, 3.8) is 0 Å². The maximum Gasteiger partial charge on any atom is 0.232 e. The molecule has 3 rings (SSSR count). The van der Waals surface area contributed by atoms with Crippen LogP contribution in [0, 0.1) is 5.92 Å². The molecule has 1 aliphatic heterocycles. The highest BCUT2D eigenvalue weighted by Crippen LogP contribution is 2.45. The Hall–Kier alpha value is -1.68. The molecule has 0 fully saturated rings. The molecule has 0 amide bonds. The third-order valence-electron chi connectivity index (χ3n) is 3.65. The molecule has 1 aromatic carbocycles. The highest BCUT2D eigenvalue weighted by molar-refractivity contribution is 8.09. The Kier molecular flexibility index (Phi) is 3.83. The van der Waals surface area contributed by atoms with Crippen LogP contribution in [0.1, 0.15) is 25.8 Å². The van der Waals surface area contributed by atoms with E-state index in [9.17, 15) is 0 Å². The number of benzene rings is 1. The molecule has 0 saturated carbocycles. The highest BCUT2D eigenvalue weighted by atomic mass is 32.2. The fourth-order valence-electron chi connectivity index (χ4n) is 2.29. The first-order valence-electron chi connectivity index (χ1n) is 6.92. The van der Waals surface area contributed by atoms with E-state index in [0.29, 0.717) is 11.3 Å². The maximum atomic E-state index is 5.34. The minimum Gasteiger partial charge on any atom is -0.338 e. The van der Waals surface area contributed by atoms with Crippen molar-refractivity contribution in [1.29, 1.82) is 0 Å². The van der Waals surface area contributed by atoms with E-state index >= 15 is 0 Å². The van der Waals surface area contributed by atoms with Gasteiger partial charge in [-0.25, -0.2) is 0 Å². The second kappa shape index (κ2) is 5.75. The van der Waals surface area contributed by atoms with E-state index in [4.69, 9.17) is 4.52 Å². The quantitative estimate of drug-likeness (QED) is 0.821. The van der Waals surface area contributed by atoms with Gasteiger partial charge in [0.25, 0.3) is 0 Å². The van der Waals surface area contributed by atoms with Crippen molar-refractivity contribution < 1.29 is 4.52 Å². The molecule has 0 bridgehead atoms. The lowest BCUT2D eigenvalue weighted by Gasteiger charge is -2.26. The molecule has 20 heavy (non-hydrogen) atoms. The number of hydrogen-bond acceptors (Lipinski definition) is 4. The minimum atomic E-state index is 0.364. The molecule has 0 spiro atoms. The molecule has 2 heterocycles. The van der Waals surface area contributed by atoms with Gasteiger partial charge >= 0.3 is 0 Å². The standard InChI is InChI=1S/C16H18N2OS/c1-3-12(2)16-18(15-9-10-17-19-15)11-14(20-16)13-7-5-4-6-8-13/h4-12,16H,3H2,1-2H3. The van der Waals surface area contributed by atoms with E-state index in [1.807, 2.05) is 23.9 Å². The van der Waals surface area contributed by atoms with Crippen LogP contribution in [0.4, 0.5) is 5.88 Å². The van der Waals surface area contributed by atoms with E-state index in [1.54, 1.807) is 6.20 Å². The summed E-state index contributed by atoms with van der Waals surface area (Å²) in [6.07, 6.45) is 5.01. The zero-order valence-corrected chi connectivity index (χ0v) is 12.5. The van der Waals surface area contributed by atoms with Crippen LogP contribution in [0.25, 0.3) is 4.91 Å². The molecule has 0 N–H and O–H groups in total. The predicted octanol–water partition coefficient (Wildman–Crippen LogP) is 4.60. The molecule has 3 nitrogen and oxygen atoms in total. The fourth-order valence-corrected chi connectivity index (χ4v) is 3.70. The normalized spacial score (nSPS) is 20.0. The predicted molar refractivity (Wildman–Crippen MR) is 84.2 cm³/mol. The lowest BCUT2D eigenvalue weighted by Crippen LogP contribution is -2.29. The van der Waals surface area contributed by atoms with Crippen molar-refractivity contribution in [1.82, 2.24) is 5.16 Å². The molecular formula is C16H18N2OS. The SMILES string of the molecule is CCC(C)C1SC(c2ccccc2)=CN1c1ccno1. The largest absolute Gasteiger partial charge is 0.338 e. The summed E-state index contributed by atoms with van der Waals surface area (Å²) < 4.78 is 5.34. The molecular weight excluding hydrogens is 268 g/mol. The number of thioether (sulfide) groups is 1. The third kappa shape index (κ3) is 2.48. The third-order valence-corrected chi connectivity index (χ3v) is 5.17. The summed E-state index contributed by atoms with van der Waals surface area (Å²) in [6, 6.07) is 12.4. The van der Waals surface area contributed by atoms with E-state index in [-0.39, 0.29) is 0 Å². The molecule has 0 saturated heterocycles. The molecule has 2 atom stereocenters. The topological polar surface area (TPSA) is 29.3 Å². The Labute approximate surface area is 123 Å². The van der Waals surface area contributed by atoms with Crippen molar-refractivity contribution >= 4 is 22.6 Å². The number of aromatic nitrogens is 1. The Morgan fingerprint density at radius 1 is 1.30 bits per heavy atom. The first-order chi connectivity index (χ1) is 9.79. The zero-order valence-electron chi connectivity index (χ0n) is 11.7. The summed E-state index contributed by atoms with van der Waals surface area (Å²) in [5.74, 6) is 1.39. The van der Waals surface area contributed by atoms with Gasteiger partial charge in [0.1, 0.15) is 0 Å². The van der Waals surface area contributed by atoms with E-state index in [0.717, 1.165) is 12.3 Å². The molecule has 104 valence electrons. The van der Waals surface area contributed by atoms with Gasteiger partial charge in [-0.05, 0) is 11.5 Å². The van der Waals surface area contributed by atoms with Gasteiger partial charge in [-0.1, -0.05) is 67.5 Å². The van der Waals surface area contributed by atoms with Gasteiger partial charge in [0.2, 0.25) is 5.88 Å². The van der Waals surface area contributed by atoms with Gasteiger partial charge in [0.05, 0.1) is 11.6 Å². The van der Waals surface area contributed by atoms with Gasteiger partial charge in [0.15, 0.2) is 0 Å². The lowest BCUT2D eigenvalue weighted by atomic mass is 10.1. The molecule has 4 heteroatoms. The first-order valence-corrected chi connectivity index (χ1v) is 7.80. The monoisotopic (exact) mass is 286 g/mol. The van der Waals surface area contributed by atoms with E-state index in [1.165, 1.54) is 10.5 Å². The number of rotatable bonds is 4. The van der Waals surface area contributed by atoms with Crippen LogP contribution >= 0.6 is 11.8 Å². The van der Waals surface area contributed by atoms with Crippen LogP contribution in [-0.4, -0.2) is 10.5 Å². The van der Waals surface area contributed by atoms with Crippen molar-refractivity contribution in [2.75, 3.05) is 4.90 Å². The highest BCUT2D eigenvalue weighted by Gasteiger charge is 2.32. The molecule has 1 aliphatic rings. The molecule has 2 unspecified atom stereocenters. The fraction of sp³-hybridized carbons (Fsp3) is 0.312. The number of hydrogen-bond donors (Lipinski definition) is 0. The number of nitrogens with zero attached hydrogens (tertiary/aromatic N) is 2. The molecule has 0 radical (unpaired) electrons. The smallest absolute Gasteiger partial charge is 0.232 e. The van der Waals surface area contributed by atoms with Gasteiger partial charge in [-0.3, -0.25) is 0 Å². The zero-order chi connectivity index (χ0) is 13.9. The molecule has 0 aliphatic carbocycles. The van der Waals surface area contributed by atoms with Gasteiger partial charge in [-0.2, -0.15) is 0 Å². The van der Waals surface area contributed by atoms with Crippen LogP contribution in [0.15, 0.2) is 53.3 Å². The van der Waals surface area contributed by atoms with Gasteiger partial charge < -0.3 is 9.42 Å². The van der Waals surface area contributed by atoms with Crippen molar-refractivity contribution in [2.45, 2.75) is 25.6 Å². The second-order valence-electron chi connectivity index (χ2n) is 5.01.